The SMILES string of the molecule is C[C@H]1COCCN1C1CCN(C(C)(C)CC2CC(n3cc(CC(C)(C)C)nn3)CCN2)CC1. The Labute approximate surface area is 201 Å². The molecule has 0 radical (unpaired) electrons. The van der Waals surface area contributed by atoms with Gasteiger partial charge in [0.1, 0.15) is 0 Å². The van der Waals surface area contributed by atoms with E-state index in [1.165, 1.54) is 32.4 Å². The lowest BCUT2D eigenvalue weighted by atomic mass is 9.85. The van der Waals surface area contributed by atoms with Gasteiger partial charge in [-0.2, -0.15) is 0 Å². The summed E-state index contributed by atoms with van der Waals surface area (Å²) in [6, 6.07) is 2.28. The average molecular weight is 461 g/mol. The van der Waals surface area contributed by atoms with Crippen LogP contribution in [-0.4, -0.2) is 87.9 Å². The van der Waals surface area contributed by atoms with Crippen LogP contribution in [0.15, 0.2) is 6.20 Å². The molecule has 4 rings (SSSR count). The standard InChI is InChI=1S/C26H48N6O/c1-20-19-33-14-13-31(20)23-8-11-30(12-9-23)26(5,6)17-21-15-24(7-10-27-21)32-18-22(28-29-32)16-25(2,3)4/h18,20-21,23-24,27H,7-17,19H2,1-6H3/t20-,21?,24?/m0/s1. The van der Waals surface area contributed by atoms with Gasteiger partial charge in [0.2, 0.25) is 0 Å². The maximum atomic E-state index is 5.66. The second-order valence-corrected chi connectivity index (χ2v) is 12.7. The van der Waals surface area contributed by atoms with Crippen LogP contribution in [0.1, 0.15) is 85.4 Å². The highest BCUT2D eigenvalue weighted by molar-refractivity contribution is 4.99. The van der Waals surface area contributed by atoms with E-state index in [1.54, 1.807) is 0 Å². The molecule has 0 aromatic carbocycles. The molecule has 188 valence electrons. The van der Waals surface area contributed by atoms with E-state index < -0.39 is 0 Å². The number of likely N-dealkylation sites (tertiary alicyclic amines) is 1. The van der Waals surface area contributed by atoms with E-state index in [9.17, 15) is 0 Å². The first-order valence-electron chi connectivity index (χ1n) is 13.3. The molecule has 0 spiro atoms. The highest BCUT2D eigenvalue weighted by atomic mass is 16.5. The van der Waals surface area contributed by atoms with Crippen molar-refractivity contribution in [2.75, 3.05) is 39.4 Å². The molecule has 1 aromatic rings. The summed E-state index contributed by atoms with van der Waals surface area (Å²) in [7, 11) is 0. The smallest absolute Gasteiger partial charge is 0.0832 e. The molecule has 1 N–H and O–H groups in total. The monoisotopic (exact) mass is 460 g/mol. The predicted octanol–water partition coefficient (Wildman–Crippen LogP) is 3.51. The summed E-state index contributed by atoms with van der Waals surface area (Å²) in [5.74, 6) is 0. The van der Waals surface area contributed by atoms with E-state index in [2.05, 4.69) is 77.8 Å². The number of nitrogens with zero attached hydrogens (tertiary/aromatic N) is 5. The topological polar surface area (TPSA) is 58.5 Å². The minimum absolute atomic E-state index is 0.209. The number of hydrogen-bond donors (Lipinski definition) is 1. The molecule has 7 heteroatoms. The van der Waals surface area contributed by atoms with Crippen molar-refractivity contribution in [1.29, 1.82) is 0 Å². The molecule has 4 heterocycles. The Morgan fingerprint density at radius 2 is 1.82 bits per heavy atom. The molecule has 3 saturated heterocycles. The van der Waals surface area contributed by atoms with Crippen molar-refractivity contribution < 1.29 is 4.74 Å². The Morgan fingerprint density at radius 3 is 2.52 bits per heavy atom. The van der Waals surface area contributed by atoms with Gasteiger partial charge in [0, 0.05) is 49.5 Å². The fraction of sp³-hybridized carbons (Fsp3) is 0.923. The van der Waals surface area contributed by atoms with Crippen molar-refractivity contribution in [2.24, 2.45) is 5.41 Å². The van der Waals surface area contributed by atoms with Gasteiger partial charge < -0.3 is 10.1 Å². The number of morpholine rings is 1. The molecule has 3 aliphatic heterocycles. The minimum Gasteiger partial charge on any atom is -0.379 e. The van der Waals surface area contributed by atoms with Gasteiger partial charge in [-0.3, -0.25) is 9.80 Å². The summed E-state index contributed by atoms with van der Waals surface area (Å²) < 4.78 is 7.81. The van der Waals surface area contributed by atoms with Crippen LogP contribution in [-0.2, 0) is 11.2 Å². The molecular formula is C26H48N6O. The van der Waals surface area contributed by atoms with Crippen molar-refractivity contribution >= 4 is 0 Å². The summed E-state index contributed by atoms with van der Waals surface area (Å²) >= 11 is 0. The summed E-state index contributed by atoms with van der Waals surface area (Å²) in [6.45, 7) is 20.4. The lowest BCUT2D eigenvalue weighted by Crippen LogP contribution is -2.57. The molecular weight excluding hydrogens is 412 g/mol. The van der Waals surface area contributed by atoms with Crippen LogP contribution >= 0.6 is 0 Å². The van der Waals surface area contributed by atoms with Gasteiger partial charge in [-0.15, -0.1) is 5.10 Å². The van der Waals surface area contributed by atoms with Crippen LogP contribution in [0, 0.1) is 5.41 Å². The molecule has 2 unspecified atom stereocenters. The quantitative estimate of drug-likeness (QED) is 0.701. The second kappa shape index (κ2) is 10.3. The molecule has 0 amide bonds. The first-order chi connectivity index (χ1) is 15.6. The van der Waals surface area contributed by atoms with E-state index in [0.717, 1.165) is 57.3 Å². The fourth-order valence-corrected chi connectivity index (χ4v) is 6.31. The van der Waals surface area contributed by atoms with Crippen LogP contribution in [0.25, 0.3) is 0 Å². The molecule has 33 heavy (non-hydrogen) atoms. The molecule has 0 bridgehead atoms. The number of ether oxygens (including phenoxy) is 1. The zero-order chi connectivity index (χ0) is 23.6. The van der Waals surface area contributed by atoms with Crippen molar-refractivity contribution in [1.82, 2.24) is 30.1 Å². The third-order valence-corrected chi connectivity index (χ3v) is 8.07. The number of hydrogen-bond acceptors (Lipinski definition) is 6. The molecule has 3 atom stereocenters. The molecule has 0 saturated carbocycles. The largest absolute Gasteiger partial charge is 0.379 e. The Morgan fingerprint density at radius 1 is 1.06 bits per heavy atom. The van der Waals surface area contributed by atoms with Gasteiger partial charge in [0.25, 0.3) is 0 Å². The van der Waals surface area contributed by atoms with Gasteiger partial charge in [-0.05, 0) is 71.3 Å². The fourth-order valence-electron chi connectivity index (χ4n) is 6.31. The van der Waals surface area contributed by atoms with Crippen LogP contribution in [0.2, 0.25) is 0 Å². The third-order valence-electron chi connectivity index (χ3n) is 8.07. The molecule has 7 nitrogen and oxygen atoms in total. The van der Waals surface area contributed by atoms with E-state index in [0.29, 0.717) is 18.1 Å². The van der Waals surface area contributed by atoms with Crippen LogP contribution < -0.4 is 5.32 Å². The summed E-state index contributed by atoms with van der Waals surface area (Å²) in [6.07, 6.45) is 9.20. The highest BCUT2D eigenvalue weighted by Gasteiger charge is 2.37. The third kappa shape index (κ3) is 6.56. The Kier molecular flexibility index (Phi) is 7.83. The summed E-state index contributed by atoms with van der Waals surface area (Å²) in [5.41, 5.74) is 1.57. The number of aromatic nitrogens is 3. The first-order valence-corrected chi connectivity index (χ1v) is 13.3. The summed E-state index contributed by atoms with van der Waals surface area (Å²) in [5, 5.41) is 12.8. The van der Waals surface area contributed by atoms with Gasteiger partial charge in [0.05, 0.1) is 24.9 Å². The van der Waals surface area contributed by atoms with Gasteiger partial charge in [0.15, 0.2) is 0 Å². The van der Waals surface area contributed by atoms with Gasteiger partial charge >= 0.3 is 0 Å². The zero-order valence-corrected chi connectivity index (χ0v) is 22.0. The van der Waals surface area contributed by atoms with Gasteiger partial charge in [-0.25, -0.2) is 4.68 Å². The maximum Gasteiger partial charge on any atom is 0.0832 e. The molecule has 0 aliphatic carbocycles. The van der Waals surface area contributed by atoms with E-state index in [1.807, 2.05) is 0 Å². The molecule has 3 fully saturated rings. The van der Waals surface area contributed by atoms with E-state index in [-0.39, 0.29) is 11.0 Å². The normalized spacial score (nSPS) is 29.5. The van der Waals surface area contributed by atoms with Crippen molar-refractivity contribution in [2.45, 2.75) is 110 Å². The predicted molar refractivity (Wildman–Crippen MR) is 134 cm³/mol. The van der Waals surface area contributed by atoms with Crippen molar-refractivity contribution in [3.63, 3.8) is 0 Å². The Hall–Kier alpha value is -1.02. The Bertz CT molecular complexity index is 748. The van der Waals surface area contributed by atoms with Crippen LogP contribution in [0.3, 0.4) is 0 Å². The van der Waals surface area contributed by atoms with Crippen molar-refractivity contribution in [3.8, 4) is 0 Å². The van der Waals surface area contributed by atoms with Crippen LogP contribution in [0.4, 0.5) is 0 Å². The summed E-state index contributed by atoms with van der Waals surface area (Å²) in [4.78, 5) is 5.45. The highest BCUT2D eigenvalue weighted by Crippen LogP contribution is 2.32. The molecule has 3 aliphatic rings. The Balaban J connectivity index is 1.29. The maximum absolute atomic E-state index is 5.66. The second-order valence-electron chi connectivity index (χ2n) is 12.7. The van der Waals surface area contributed by atoms with Crippen molar-refractivity contribution in [3.05, 3.63) is 11.9 Å². The average Bonchev–Trinajstić information content (AvgIpc) is 3.21. The number of rotatable bonds is 6. The van der Waals surface area contributed by atoms with Crippen LogP contribution in [0.5, 0.6) is 0 Å². The lowest BCUT2D eigenvalue weighted by molar-refractivity contribution is -0.0439. The zero-order valence-electron chi connectivity index (χ0n) is 22.0. The lowest BCUT2D eigenvalue weighted by Gasteiger charge is -2.48. The minimum atomic E-state index is 0.209. The van der Waals surface area contributed by atoms with Gasteiger partial charge in [-0.1, -0.05) is 26.0 Å². The van der Waals surface area contributed by atoms with E-state index >= 15 is 0 Å². The van der Waals surface area contributed by atoms with E-state index in [4.69, 9.17) is 4.74 Å². The number of piperidine rings is 2. The first kappa shape index (κ1) is 25.1. The molecule has 1 aromatic heterocycles. The number of nitrogens with one attached hydrogen (secondary N) is 1.